The fourth-order valence-electron chi connectivity index (χ4n) is 5.46. The molecule has 2 aromatic heterocycles. The molecule has 0 bridgehead atoms. The first-order valence-corrected chi connectivity index (χ1v) is 13.7. The lowest BCUT2D eigenvalue weighted by atomic mass is 10.0. The van der Waals surface area contributed by atoms with E-state index in [4.69, 9.17) is 21.1 Å². The molecule has 6 rings (SSSR count). The molecule has 2 aliphatic rings. The molecule has 4 heterocycles. The predicted octanol–water partition coefficient (Wildman–Crippen LogP) is 6.33. The largest absolute Gasteiger partial charge is 0.493 e. The average Bonchev–Trinajstić information content (AvgIpc) is 3.50. The number of carbonyl (C=O) groups excluding carboxylic acids is 1. The Labute approximate surface area is 231 Å². The van der Waals surface area contributed by atoms with Crippen LogP contribution in [0.25, 0.3) is 5.00 Å². The highest BCUT2D eigenvalue weighted by Crippen LogP contribution is 2.44. The van der Waals surface area contributed by atoms with E-state index >= 15 is 0 Å². The van der Waals surface area contributed by atoms with Crippen LogP contribution in [0.5, 0.6) is 11.5 Å². The first kappa shape index (κ1) is 24.9. The Hall–Kier alpha value is -3.46. The zero-order valence-corrected chi connectivity index (χ0v) is 23.1. The molecule has 0 spiro atoms. The third kappa shape index (κ3) is 4.32. The molecule has 2 aliphatic heterocycles. The van der Waals surface area contributed by atoms with Gasteiger partial charge in [-0.25, -0.2) is 4.79 Å². The molecule has 0 unspecified atom stereocenters. The fourth-order valence-corrected chi connectivity index (χ4v) is 7.03. The van der Waals surface area contributed by atoms with E-state index in [-0.39, 0.29) is 12.1 Å². The number of rotatable bonds is 4. The molecule has 0 saturated heterocycles. The topological polar surface area (TPSA) is 59.0 Å². The molecule has 1 N–H and O–H groups in total. The van der Waals surface area contributed by atoms with Crippen LogP contribution >= 0.6 is 22.9 Å². The molecular formula is C29H29ClN4O3S. The lowest BCUT2D eigenvalue weighted by Crippen LogP contribution is -2.38. The minimum Gasteiger partial charge on any atom is -0.493 e. The second kappa shape index (κ2) is 10.0. The van der Waals surface area contributed by atoms with Gasteiger partial charge in [-0.2, -0.15) is 0 Å². The van der Waals surface area contributed by atoms with Gasteiger partial charge < -0.3 is 29.2 Å². The predicted molar refractivity (Wildman–Crippen MR) is 151 cm³/mol. The van der Waals surface area contributed by atoms with Gasteiger partial charge in [0, 0.05) is 46.5 Å². The van der Waals surface area contributed by atoms with E-state index in [0.717, 1.165) is 30.8 Å². The van der Waals surface area contributed by atoms with Gasteiger partial charge in [0.2, 0.25) is 0 Å². The van der Waals surface area contributed by atoms with Crippen molar-refractivity contribution >= 4 is 34.7 Å². The molecule has 2 aromatic carbocycles. The number of ether oxygens (including phenoxy) is 2. The minimum atomic E-state index is -0.302. The molecule has 9 heteroatoms. The Kier molecular flexibility index (Phi) is 6.55. The summed E-state index contributed by atoms with van der Waals surface area (Å²) in [6, 6.07) is 16.8. The maximum absolute atomic E-state index is 14.1. The normalized spacial score (nSPS) is 16.7. The van der Waals surface area contributed by atoms with Crippen LogP contribution in [0, 0.1) is 0 Å². The zero-order chi connectivity index (χ0) is 26.4. The van der Waals surface area contributed by atoms with Gasteiger partial charge in [-0.15, -0.1) is 11.3 Å². The van der Waals surface area contributed by atoms with Crippen LogP contribution < -0.4 is 14.8 Å². The zero-order valence-electron chi connectivity index (χ0n) is 21.5. The number of likely N-dealkylation sites (N-methyl/N-ethyl adjacent to an activating group) is 1. The molecule has 1 atom stereocenters. The maximum atomic E-state index is 14.1. The van der Waals surface area contributed by atoms with Crippen molar-refractivity contribution in [3.8, 4) is 16.5 Å². The summed E-state index contributed by atoms with van der Waals surface area (Å²) >= 11 is 8.09. The van der Waals surface area contributed by atoms with Crippen LogP contribution in [0.4, 0.5) is 10.5 Å². The molecule has 38 heavy (non-hydrogen) atoms. The van der Waals surface area contributed by atoms with Crippen LogP contribution in [0.1, 0.15) is 33.3 Å². The number of urea groups is 1. The molecular weight excluding hydrogens is 520 g/mol. The van der Waals surface area contributed by atoms with Crippen molar-refractivity contribution < 1.29 is 14.3 Å². The fraction of sp³-hybridized carbons (Fsp3) is 0.276. The molecule has 2 amide bonds. The summed E-state index contributed by atoms with van der Waals surface area (Å²) in [6.45, 7) is 2.44. The number of nitrogens with zero attached hydrogens (tertiary/aromatic N) is 3. The van der Waals surface area contributed by atoms with E-state index in [9.17, 15) is 4.79 Å². The summed E-state index contributed by atoms with van der Waals surface area (Å²) < 4.78 is 13.1. The smallest absolute Gasteiger partial charge is 0.322 e. The number of benzene rings is 2. The van der Waals surface area contributed by atoms with Crippen molar-refractivity contribution in [2.24, 2.45) is 0 Å². The van der Waals surface area contributed by atoms with Gasteiger partial charge in [0.1, 0.15) is 5.00 Å². The van der Waals surface area contributed by atoms with Crippen LogP contribution in [0.3, 0.4) is 0 Å². The first-order chi connectivity index (χ1) is 18.5. The van der Waals surface area contributed by atoms with Gasteiger partial charge in [-0.3, -0.25) is 0 Å². The summed E-state index contributed by atoms with van der Waals surface area (Å²) in [6.07, 6.45) is 3.09. The van der Waals surface area contributed by atoms with Crippen molar-refractivity contribution in [3.05, 3.63) is 93.1 Å². The number of amides is 2. The van der Waals surface area contributed by atoms with E-state index in [2.05, 4.69) is 40.2 Å². The van der Waals surface area contributed by atoms with Crippen LogP contribution in [0.15, 0.2) is 60.8 Å². The number of fused-ring (bicyclic) bond motifs is 5. The van der Waals surface area contributed by atoms with Crippen LogP contribution in [0.2, 0.25) is 5.02 Å². The van der Waals surface area contributed by atoms with Gasteiger partial charge in [0.15, 0.2) is 11.5 Å². The minimum absolute atomic E-state index is 0.189. The second-order valence-electron chi connectivity index (χ2n) is 9.66. The van der Waals surface area contributed by atoms with Gasteiger partial charge in [0.05, 0.1) is 32.5 Å². The van der Waals surface area contributed by atoms with Gasteiger partial charge in [-0.1, -0.05) is 23.7 Å². The Bertz CT molecular complexity index is 1500. The Balaban J connectivity index is 1.46. The maximum Gasteiger partial charge on any atom is 0.322 e. The number of anilines is 1. The van der Waals surface area contributed by atoms with Crippen molar-refractivity contribution in [1.29, 1.82) is 0 Å². The molecule has 0 aliphatic carbocycles. The highest BCUT2D eigenvalue weighted by Gasteiger charge is 2.36. The molecule has 196 valence electrons. The van der Waals surface area contributed by atoms with Gasteiger partial charge >= 0.3 is 6.03 Å². The number of aromatic nitrogens is 1. The summed E-state index contributed by atoms with van der Waals surface area (Å²) in [4.78, 5) is 19.8. The highest BCUT2D eigenvalue weighted by molar-refractivity contribution is 7.15. The quantitative estimate of drug-likeness (QED) is 0.323. The number of halogens is 1. The number of carbonyl (C=O) groups is 1. The van der Waals surface area contributed by atoms with E-state index in [0.29, 0.717) is 28.8 Å². The number of hydrogen-bond acceptors (Lipinski definition) is 5. The lowest BCUT2D eigenvalue weighted by Gasteiger charge is -2.32. The van der Waals surface area contributed by atoms with Crippen molar-refractivity contribution in [1.82, 2.24) is 14.4 Å². The molecule has 0 radical (unpaired) electrons. The van der Waals surface area contributed by atoms with Gasteiger partial charge in [0.25, 0.3) is 0 Å². The molecule has 4 aromatic rings. The van der Waals surface area contributed by atoms with Crippen LogP contribution in [-0.4, -0.2) is 48.2 Å². The number of methoxy groups -OCH3 is 2. The summed E-state index contributed by atoms with van der Waals surface area (Å²) in [5, 5.41) is 4.98. The van der Waals surface area contributed by atoms with E-state index in [1.165, 1.54) is 21.0 Å². The Morgan fingerprint density at radius 2 is 1.82 bits per heavy atom. The van der Waals surface area contributed by atoms with E-state index < -0.39 is 0 Å². The summed E-state index contributed by atoms with van der Waals surface area (Å²) in [5.74, 6) is 1.17. The Morgan fingerprint density at radius 1 is 1.03 bits per heavy atom. The van der Waals surface area contributed by atoms with Crippen molar-refractivity contribution in [2.45, 2.75) is 25.6 Å². The standard InChI is InChI=1S/C29H29ClN4O3S/c1-32-14-12-21-22-16-34(29(35)31-20-10-11-24(36-2)25(15-20)37-3)27(18-6-8-19(30)9-7-18)23-5-4-13-33(23)28(22)38-26(21)17-32/h4-11,13,15,27H,12,14,16-17H2,1-3H3,(H,31,35)/t27-/m0/s1. The SMILES string of the molecule is COc1ccc(NC(=O)N2Cc3c(sc4c3CCN(C)C4)-n3cccc3[C@@H]2c2ccc(Cl)cc2)cc1OC. The van der Waals surface area contributed by atoms with E-state index in [1.54, 1.807) is 26.4 Å². The third-order valence-corrected chi connectivity index (χ3v) is 8.85. The number of nitrogens with one attached hydrogen (secondary N) is 1. The monoisotopic (exact) mass is 548 g/mol. The molecule has 0 fully saturated rings. The highest BCUT2D eigenvalue weighted by atomic mass is 35.5. The first-order valence-electron chi connectivity index (χ1n) is 12.5. The Morgan fingerprint density at radius 3 is 2.58 bits per heavy atom. The summed E-state index contributed by atoms with van der Waals surface area (Å²) in [5.41, 5.74) is 5.29. The summed E-state index contributed by atoms with van der Waals surface area (Å²) in [7, 11) is 5.34. The van der Waals surface area contributed by atoms with Crippen LogP contribution in [-0.2, 0) is 19.5 Å². The third-order valence-electron chi connectivity index (χ3n) is 7.34. The van der Waals surface area contributed by atoms with Gasteiger partial charge in [-0.05, 0) is 61.0 Å². The van der Waals surface area contributed by atoms with Crippen molar-refractivity contribution in [2.75, 3.05) is 33.1 Å². The molecule has 0 saturated carbocycles. The number of hydrogen-bond donors (Lipinski definition) is 1. The molecule has 7 nitrogen and oxygen atoms in total. The lowest BCUT2D eigenvalue weighted by molar-refractivity contribution is 0.194. The van der Waals surface area contributed by atoms with Crippen molar-refractivity contribution in [3.63, 3.8) is 0 Å². The second-order valence-corrected chi connectivity index (χ2v) is 11.2. The number of thiophene rings is 1. The van der Waals surface area contributed by atoms with E-state index in [1.807, 2.05) is 46.6 Å². The average molecular weight is 549 g/mol.